The number of hydrogen-bond acceptors (Lipinski definition) is 5. The van der Waals surface area contributed by atoms with Gasteiger partial charge in [-0.2, -0.15) is 0 Å². The number of hydrogen-bond donors (Lipinski definition) is 2. The van der Waals surface area contributed by atoms with Gasteiger partial charge in [0.25, 0.3) is 5.91 Å². The van der Waals surface area contributed by atoms with Gasteiger partial charge in [0.15, 0.2) is 5.69 Å². The van der Waals surface area contributed by atoms with Gasteiger partial charge < -0.3 is 15.1 Å². The summed E-state index contributed by atoms with van der Waals surface area (Å²) in [7, 11) is 0. The number of carbonyl (C=O) groups is 2. The Balaban J connectivity index is 1.77. The summed E-state index contributed by atoms with van der Waals surface area (Å²) in [5.41, 5.74) is 1.98. The van der Waals surface area contributed by atoms with Crippen LogP contribution >= 0.6 is 0 Å². The van der Waals surface area contributed by atoms with Crippen molar-refractivity contribution in [2.45, 2.75) is 26.3 Å². The van der Waals surface area contributed by atoms with E-state index in [1.54, 1.807) is 12.3 Å². The zero-order valence-electron chi connectivity index (χ0n) is 15.1. The second kappa shape index (κ2) is 8.27. The predicted molar refractivity (Wildman–Crippen MR) is 100 cm³/mol. The van der Waals surface area contributed by atoms with Crippen molar-refractivity contribution in [1.29, 1.82) is 0 Å². The third-order valence-electron chi connectivity index (χ3n) is 3.95. The van der Waals surface area contributed by atoms with E-state index >= 15 is 0 Å². The normalized spacial score (nSPS) is 11.6. The number of nitrogens with one attached hydrogen (secondary N) is 2. The van der Waals surface area contributed by atoms with Gasteiger partial charge in [0.05, 0.1) is 0 Å². The smallest absolute Gasteiger partial charge is 0.278 e. The molecule has 2 amide bonds. The van der Waals surface area contributed by atoms with Crippen LogP contribution in [0, 0.1) is 6.92 Å². The van der Waals surface area contributed by atoms with E-state index in [9.17, 15) is 9.59 Å². The first-order valence-electron chi connectivity index (χ1n) is 8.52. The van der Waals surface area contributed by atoms with Crippen molar-refractivity contribution in [3.8, 4) is 0 Å². The highest BCUT2D eigenvalue weighted by atomic mass is 16.3. The van der Waals surface area contributed by atoms with Crippen molar-refractivity contribution in [3.05, 3.63) is 77.6 Å². The van der Waals surface area contributed by atoms with Crippen molar-refractivity contribution in [2.75, 3.05) is 5.32 Å². The Morgan fingerprint density at radius 3 is 2.63 bits per heavy atom. The quantitative estimate of drug-likeness (QED) is 0.701. The number of nitrogens with zero attached hydrogens (tertiary/aromatic N) is 2. The van der Waals surface area contributed by atoms with Crippen LogP contribution in [0.1, 0.15) is 40.5 Å². The highest BCUT2D eigenvalue weighted by Gasteiger charge is 2.22. The van der Waals surface area contributed by atoms with Crippen LogP contribution in [0.3, 0.4) is 0 Å². The first-order chi connectivity index (χ1) is 13.0. The Kier molecular flexibility index (Phi) is 5.61. The van der Waals surface area contributed by atoms with Crippen molar-refractivity contribution in [2.24, 2.45) is 0 Å². The van der Waals surface area contributed by atoms with Gasteiger partial charge in [-0.3, -0.25) is 9.59 Å². The first-order valence-corrected chi connectivity index (χ1v) is 8.52. The maximum atomic E-state index is 12.4. The summed E-state index contributed by atoms with van der Waals surface area (Å²) < 4.78 is 5.48. The Morgan fingerprint density at radius 1 is 1.15 bits per heavy atom. The van der Waals surface area contributed by atoms with Crippen LogP contribution < -0.4 is 10.6 Å². The number of aryl methyl sites for hydroxylation is 1. The Bertz CT molecular complexity index is 937. The van der Waals surface area contributed by atoms with Crippen molar-refractivity contribution < 1.29 is 14.0 Å². The molecule has 0 unspecified atom stereocenters. The lowest BCUT2D eigenvalue weighted by Crippen LogP contribution is -2.28. The average molecular weight is 364 g/mol. The maximum absolute atomic E-state index is 12.4. The fourth-order valence-corrected chi connectivity index (χ4v) is 2.64. The van der Waals surface area contributed by atoms with Crippen molar-refractivity contribution in [3.63, 3.8) is 0 Å². The second-order valence-corrected chi connectivity index (χ2v) is 6.14. The molecule has 2 N–H and O–H groups in total. The average Bonchev–Trinajstić information content (AvgIpc) is 3.14. The molecule has 0 bridgehead atoms. The molecule has 0 spiro atoms. The molecule has 1 atom stereocenters. The molecular weight excluding hydrogens is 344 g/mol. The Hall–Kier alpha value is -3.48. The van der Waals surface area contributed by atoms with Gasteiger partial charge in [-0.05, 0) is 24.1 Å². The summed E-state index contributed by atoms with van der Waals surface area (Å²) in [6.45, 7) is 3.28. The van der Waals surface area contributed by atoms with E-state index in [2.05, 4.69) is 20.6 Å². The minimum Gasteiger partial charge on any atom is -0.446 e. The lowest BCUT2D eigenvalue weighted by Gasteiger charge is -2.14. The molecule has 0 aliphatic carbocycles. The zero-order chi connectivity index (χ0) is 19.2. The number of aromatic nitrogens is 2. The number of pyridine rings is 1. The molecule has 0 fully saturated rings. The van der Waals surface area contributed by atoms with Gasteiger partial charge in [-0.25, -0.2) is 9.97 Å². The third-order valence-corrected chi connectivity index (χ3v) is 3.95. The molecule has 7 nitrogen and oxygen atoms in total. The lowest BCUT2D eigenvalue weighted by molar-refractivity contribution is -0.119. The minimum absolute atomic E-state index is 0.124. The van der Waals surface area contributed by atoms with Crippen molar-refractivity contribution in [1.82, 2.24) is 15.3 Å². The van der Waals surface area contributed by atoms with Gasteiger partial charge in [0.2, 0.25) is 11.8 Å². The fraction of sp³-hybridized carbons (Fsp3) is 0.200. The minimum atomic E-state index is -0.469. The molecule has 0 radical (unpaired) electrons. The molecule has 2 heterocycles. The summed E-state index contributed by atoms with van der Waals surface area (Å²) in [5.74, 6) is 0.115. The largest absolute Gasteiger partial charge is 0.446 e. The number of carbonyl (C=O) groups excluding carboxylic acids is 2. The topological polar surface area (TPSA) is 97.1 Å². The van der Waals surface area contributed by atoms with Crippen LogP contribution in [0.5, 0.6) is 0 Å². The van der Waals surface area contributed by atoms with Gasteiger partial charge in [0, 0.05) is 19.5 Å². The van der Waals surface area contributed by atoms with E-state index in [0.717, 1.165) is 11.1 Å². The first kappa shape index (κ1) is 18.3. The van der Waals surface area contributed by atoms with Crippen molar-refractivity contribution >= 4 is 17.6 Å². The van der Waals surface area contributed by atoms with Crippen LogP contribution in [0.25, 0.3) is 0 Å². The summed E-state index contributed by atoms with van der Waals surface area (Å²) >= 11 is 0. The highest BCUT2D eigenvalue weighted by molar-refractivity contribution is 6.02. The van der Waals surface area contributed by atoms with E-state index in [1.807, 2.05) is 43.3 Å². The molecule has 3 aromatic rings. The Labute approximate surface area is 156 Å². The monoisotopic (exact) mass is 364 g/mol. The molecule has 138 valence electrons. The highest BCUT2D eigenvalue weighted by Crippen LogP contribution is 2.19. The second-order valence-electron chi connectivity index (χ2n) is 6.14. The van der Waals surface area contributed by atoms with Gasteiger partial charge in [-0.15, -0.1) is 0 Å². The van der Waals surface area contributed by atoms with E-state index < -0.39 is 11.9 Å². The number of amides is 2. The van der Waals surface area contributed by atoms with Crippen LogP contribution in [-0.4, -0.2) is 21.8 Å². The molecule has 2 aromatic heterocycles. The van der Waals surface area contributed by atoms with E-state index in [-0.39, 0.29) is 17.5 Å². The maximum Gasteiger partial charge on any atom is 0.278 e. The molecular formula is C20H20N4O3. The molecule has 0 aliphatic heterocycles. The zero-order valence-corrected chi connectivity index (χ0v) is 15.1. The van der Waals surface area contributed by atoms with Gasteiger partial charge in [-0.1, -0.05) is 36.4 Å². The SMILES string of the molecule is CC(=O)N[C@H](Cc1ccccc1)c1nc(C(=O)Nc2ncccc2C)co1. The van der Waals surface area contributed by atoms with Crippen LogP contribution in [-0.2, 0) is 11.2 Å². The molecule has 1 aromatic carbocycles. The summed E-state index contributed by atoms with van der Waals surface area (Å²) in [4.78, 5) is 32.4. The van der Waals surface area contributed by atoms with Gasteiger partial charge >= 0.3 is 0 Å². The molecule has 0 saturated carbocycles. The van der Waals surface area contributed by atoms with Crippen LogP contribution in [0.2, 0.25) is 0 Å². The Morgan fingerprint density at radius 2 is 1.93 bits per heavy atom. The molecule has 7 heteroatoms. The summed E-state index contributed by atoms with van der Waals surface area (Å²) in [6.07, 6.45) is 3.38. The van der Waals surface area contributed by atoms with E-state index in [0.29, 0.717) is 12.2 Å². The number of oxazole rings is 1. The van der Waals surface area contributed by atoms with E-state index in [4.69, 9.17) is 4.42 Å². The molecule has 27 heavy (non-hydrogen) atoms. The summed E-state index contributed by atoms with van der Waals surface area (Å²) in [6, 6.07) is 12.8. The standard InChI is InChI=1S/C20H20N4O3/c1-13-7-6-10-21-18(13)24-19(26)17-12-27-20(23-17)16(22-14(2)25)11-15-8-4-3-5-9-15/h3-10,12,16H,11H2,1-2H3,(H,22,25)(H,21,24,26)/t16-/m1/s1. The fourth-order valence-electron chi connectivity index (χ4n) is 2.64. The molecule has 3 rings (SSSR count). The summed E-state index contributed by atoms with van der Waals surface area (Å²) in [5, 5.41) is 5.53. The third kappa shape index (κ3) is 4.78. The van der Waals surface area contributed by atoms with Gasteiger partial charge in [0.1, 0.15) is 18.1 Å². The predicted octanol–water partition coefficient (Wildman–Crippen LogP) is 3.05. The number of anilines is 1. The number of benzene rings is 1. The molecule has 0 saturated heterocycles. The lowest BCUT2D eigenvalue weighted by atomic mass is 10.1. The van der Waals surface area contributed by atoms with Crippen LogP contribution in [0.15, 0.2) is 59.3 Å². The molecule has 0 aliphatic rings. The van der Waals surface area contributed by atoms with E-state index in [1.165, 1.54) is 13.2 Å². The number of rotatable bonds is 6. The van der Waals surface area contributed by atoms with Crippen LogP contribution in [0.4, 0.5) is 5.82 Å².